The van der Waals surface area contributed by atoms with Gasteiger partial charge in [0.15, 0.2) is 0 Å². The van der Waals surface area contributed by atoms with Crippen molar-refractivity contribution in [2.45, 2.75) is 18.3 Å². The lowest BCUT2D eigenvalue weighted by atomic mass is 9.63. The molecular formula is C24H21N. The zero-order valence-corrected chi connectivity index (χ0v) is 14.3. The molecule has 3 aromatic rings. The minimum Gasteiger partial charge on any atom is -0.269 e. The van der Waals surface area contributed by atoms with Crippen LogP contribution in [0.25, 0.3) is 0 Å². The topological polar surface area (TPSA) is 12.4 Å². The molecule has 0 N–H and O–H groups in total. The van der Waals surface area contributed by atoms with Crippen LogP contribution in [0.2, 0.25) is 0 Å². The number of rotatable bonds is 3. The zero-order valence-electron chi connectivity index (χ0n) is 14.3. The van der Waals surface area contributed by atoms with Gasteiger partial charge in [-0.05, 0) is 23.6 Å². The summed E-state index contributed by atoms with van der Waals surface area (Å²) in [4.78, 5) is 4.51. The molecule has 0 radical (unpaired) electrons. The summed E-state index contributed by atoms with van der Waals surface area (Å²) >= 11 is 0. The largest absolute Gasteiger partial charge is 0.269 e. The van der Waals surface area contributed by atoms with E-state index in [9.17, 15) is 0 Å². The summed E-state index contributed by atoms with van der Waals surface area (Å²) in [6, 6.07) is 30.3. The molecule has 1 aliphatic rings. The smallest absolute Gasteiger partial charge is 0.0517 e. The number of aliphatic imine (C=N–C) groups is 1. The lowest BCUT2D eigenvalue weighted by Gasteiger charge is -2.39. The van der Waals surface area contributed by atoms with Crippen LogP contribution in [0, 0.1) is 6.92 Å². The van der Waals surface area contributed by atoms with Gasteiger partial charge in [-0.2, -0.15) is 0 Å². The van der Waals surface area contributed by atoms with E-state index in [-0.39, 0.29) is 11.3 Å². The van der Waals surface area contributed by atoms with Crippen molar-refractivity contribution in [3.05, 3.63) is 119 Å². The molecule has 1 nitrogen and oxygen atoms in total. The zero-order chi connectivity index (χ0) is 17.1. The maximum atomic E-state index is 4.51. The van der Waals surface area contributed by atoms with E-state index in [2.05, 4.69) is 109 Å². The van der Waals surface area contributed by atoms with Crippen molar-refractivity contribution in [3.8, 4) is 0 Å². The van der Waals surface area contributed by atoms with Crippen LogP contribution in [0.15, 0.2) is 102 Å². The summed E-state index contributed by atoms with van der Waals surface area (Å²) in [5.41, 5.74) is 4.89. The van der Waals surface area contributed by atoms with Crippen LogP contribution in [-0.4, -0.2) is 6.21 Å². The van der Waals surface area contributed by atoms with Gasteiger partial charge in [-0.1, -0.05) is 96.6 Å². The Balaban J connectivity index is 1.98. The Morgan fingerprint density at radius 2 is 1.40 bits per heavy atom. The molecule has 25 heavy (non-hydrogen) atoms. The summed E-state index contributed by atoms with van der Waals surface area (Å²) in [6.07, 6.45) is 6.28. The van der Waals surface area contributed by atoms with Gasteiger partial charge in [0.05, 0.1) is 5.41 Å². The van der Waals surface area contributed by atoms with Crippen LogP contribution in [0.5, 0.6) is 0 Å². The Morgan fingerprint density at radius 1 is 0.760 bits per heavy atom. The summed E-state index contributed by atoms with van der Waals surface area (Å²) in [5, 5.41) is 0. The monoisotopic (exact) mass is 323 g/mol. The second-order valence-electron chi connectivity index (χ2n) is 6.61. The molecule has 1 aliphatic heterocycles. The van der Waals surface area contributed by atoms with Crippen LogP contribution < -0.4 is 0 Å². The number of allylic oxidation sites excluding steroid dienone is 1. The van der Waals surface area contributed by atoms with E-state index in [1.807, 2.05) is 6.20 Å². The molecular weight excluding hydrogens is 302 g/mol. The van der Waals surface area contributed by atoms with Crippen molar-refractivity contribution in [2.24, 2.45) is 4.99 Å². The Bertz CT molecular complexity index is 868. The Labute approximate surface area is 149 Å². The van der Waals surface area contributed by atoms with Gasteiger partial charge in [0, 0.05) is 18.3 Å². The summed E-state index contributed by atoms with van der Waals surface area (Å²) in [6.45, 7) is 2.14. The lowest BCUT2D eigenvalue weighted by Crippen LogP contribution is -2.35. The first kappa shape index (κ1) is 15.6. The van der Waals surface area contributed by atoms with Crippen LogP contribution in [0.1, 0.15) is 28.2 Å². The molecule has 1 heteroatoms. The average Bonchev–Trinajstić information content (AvgIpc) is 2.69. The van der Waals surface area contributed by atoms with E-state index in [0.717, 1.165) is 0 Å². The second-order valence-corrected chi connectivity index (χ2v) is 6.61. The SMILES string of the molecule is Cc1cccc(C2C=NC=CC2(c2ccccc2)c2ccccc2)c1. The van der Waals surface area contributed by atoms with Gasteiger partial charge in [-0.25, -0.2) is 0 Å². The third-order valence-electron chi connectivity index (χ3n) is 5.05. The van der Waals surface area contributed by atoms with Gasteiger partial charge < -0.3 is 0 Å². The molecule has 1 heterocycles. The standard InChI is InChI=1S/C24H21N/c1-19-9-8-10-20(17-19)23-18-25-16-15-24(23,21-11-4-2-5-12-21)22-13-6-3-7-14-22/h2-18,23H,1H3. The van der Waals surface area contributed by atoms with E-state index >= 15 is 0 Å². The number of aryl methyl sites for hydroxylation is 1. The third kappa shape index (κ3) is 2.72. The fraction of sp³-hybridized carbons (Fsp3) is 0.125. The molecule has 0 fully saturated rings. The summed E-state index contributed by atoms with van der Waals surface area (Å²) in [7, 11) is 0. The highest BCUT2D eigenvalue weighted by atomic mass is 14.7. The van der Waals surface area contributed by atoms with Gasteiger partial charge in [0.1, 0.15) is 0 Å². The van der Waals surface area contributed by atoms with Gasteiger partial charge >= 0.3 is 0 Å². The molecule has 1 unspecified atom stereocenters. The van der Waals surface area contributed by atoms with Crippen LogP contribution in [-0.2, 0) is 5.41 Å². The Kier molecular flexibility index (Phi) is 4.07. The minimum absolute atomic E-state index is 0.155. The normalized spacial score (nSPS) is 18.2. The molecule has 3 aromatic carbocycles. The molecule has 0 aromatic heterocycles. The molecule has 1 atom stereocenters. The highest BCUT2D eigenvalue weighted by Crippen LogP contribution is 2.46. The van der Waals surface area contributed by atoms with Gasteiger partial charge in [0.2, 0.25) is 0 Å². The van der Waals surface area contributed by atoms with Gasteiger partial charge in [-0.15, -0.1) is 0 Å². The fourth-order valence-corrected chi connectivity index (χ4v) is 3.88. The Morgan fingerprint density at radius 3 is 2.00 bits per heavy atom. The lowest BCUT2D eigenvalue weighted by molar-refractivity contribution is 0.594. The summed E-state index contributed by atoms with van der Waals surface area (Å²) < 4.78 is 0. The van der Waals surface area contributed by atoms with E-state index in [0.29, 0.717) is 0 Å². The van der Waals surface area contributed by atoms with Crippen molar-refractivity contribution in [1.82, 2.24) is 0 Å². The average molecular weight is 323 g/mol. The van der Waals surface area contributed by atoms with Crippen LogP contribution in [0.4, 0.5) is 0 Å². The molecule has 0 saturated carbocycles. The molecule has 0 saturated heterocycles. The minimum atomic E-state index is -0.252. The Hall–Kier alpha value is -2.93. The molecule has 122 valence electrons. The number of benzene rings is 3. The van der Waals surface area contributed by atoms with Crippen molar-refractivity contribution in [2.75, 3.05) is 0 Å². The van der Waals surface area contributed by atoms with Crippen LogP contribution in [0.3, 0.4) is 0 Å². The van der Waals surface area contributed by atoms with E-state index in [1.54, 1.807) is 0 Å². The number of hydrogen-bond acceptors (Lipinski definition) is 1. The first-order valence-corrected chi connectivity index (χ1v) is 8.69. The third-order valence-corrected chi connectivity index (χ3v) is 5.05. The summed E-state index contributed by atoms with van der Waals surface area (Å²) in [5.74, 6) is 0.155. The van der Waals surface area contributed by atoms with Crippen molar-refractivity contribution in [3.63, 3.8) is 0 Å². The number of hydrogen-bond donors (Lipinski definition) is 0. The van der Waals surface area contributed by atoms with Gasteiger partial charge in [-0.3, -0.25) is 4.99 Å². The second kappa shape index (κ2) is 6.52. The molecule has 0 spiro atoms. The van der Waals surface area contributed by atoms with Crippen LogP contribution >= 0.6 is 0 Å². The maximum Gasteiger partial charge on any atom is 0.0517 e. The van der Waals surface area contributed by atoms with E-state index in [1.165, 1.54) is 22.3 Å². The number of nitrogens with zero attached hydrogens (tertiary/aromatic N) is 1. The first-order chi connectivity index (χ1) is 12.3. The van der Waals surface area contributed by atoms with E-state index in [4.69, 9.17) is 0 Å². The first-order valence-electron chi connectivity index (χ1n) is 8.69. The highest BCUT2D eigenvalue weighted by molar-refractivity contribution is 5.77. The molecule has 4 rings (SSSR count). The van der Waals surface area contributed by atoms with Crippen molar-refractivity contribution in [1.29, 1.82) is 0 Å². The molecule has 0 amide bonds. The predicted molar refractivity (Wildman–Crippen MR) is 105 cm³/mol. The maximum absolute atomic E-state index is 4.51. The van der Waals surface area contributed by atoms with Crippen molar-refractivity contribution >= 4 is 6.21 Å². The molecule has 0 aliphatic carbocycles. The fourth-order valence-electron chi connectivity index (χ4n) is 3.88. The highest BCUT2D eigenvalue weighted by Gasteiger charge is 2.41. The van der Waals surface area contributed by atoms with E-state index < -0.39 is 0 Å². The van der Waals surface area contributed by atoms with Crippen molar-refractivity contribution < 1.29 is 0 Å². The molecule has 0 bridgehead atoms. The van der Waals surface area contributed by atoms with Gasteiger partial charge in [0.25, 0.3) is 0 Å². The quantitative estimate of drug-likeness (QED) is 0.589. The predicted octanol–water partition coefficient (Wildman–Crippen LogP) is 5.66.